The van der Waals surface area contributed by atoms with Crippen LogP contribution in [0.2, 0.25) is 0 Å². The van der Waals surface area contributed by atoms with Crippen molar-refractivity contribution in [2.45, 2.75) is 45.3 Å². The summed E-state index contributed by atoms with van der Waals surface area (Å²) in [7, 11) is 3.40. The standard InChI is InChI=1S/C54H72N6O8/c1-39-32-49(63)52(55)53(68-38-42-12-7-6-8-13-42)50(39)41(3)60-35-45-19-18-43(33-47(45)36-60)34-59-22-20-58(21-23-59)24-27-66-29-31-67-30-28-65-26-11-16-44-14-9-15-46(37-62)51(44)54(64)57(5)48(17-10-25-61)40(2)56-4/h6-9,12-15,18-19,25,32-33,37,45,47-48,56,63H,2-3,10-11,16-17,20-24,26-31,34-36,38,55H2,1,4-5H3. The number of hydrogen-bond donors (Lipinski definition) is 3. The summed E-state index contributed by atoms with van der Waals surface area (Å²) in [5.41, 5.74) is 13.7. The Morgan fingerprint density at radius 2 is 1.62 bits per heavy atom. The third-order valence-corrected chi connectivity index (χ3v) is 13.3. The molecule has 0 radical (unpaired) electrons. The molecule has 3 aliphatic rings. The lowest BCUT2D eigenvalue weighted by Gasteiger charge is -2.35. The van der Waals surface area contributed by atoms with Gasteiger partial charge in [-0.1, -0.05) is 79.9 Å². The van der Waals surface area contributed by atoms with E-state index < -0.39 is 6.04 Å². The van der Waals surface area contributed by atoms with Crippen molar-refractivity contribution in [2.75, 3.05) is 112 Å². The number of nitrogens with two attached hydrogens (primary N) is 1. The van der Waals surface area contributed by atoms with Gasteiger partial charge in [0, 0.05) is 114 Å². The van der Waals surface area contributed by atoms with Crippen LogP contribution in [-0.2, 0) is 32.0 Å². The maximum atomic E-state index is 13.7. The summed E-state index contributed by atoms with van der Waals surface area (Å²) in [4.78, 5) is 45.6. The molecule has 2 saturated heterocycles. The molecule has 4 N–H and O–H groups in total. The van der Waals surface area contributed by atoms with Gasteiger partial charge in [0.05, 0.1) is 44.6 Å². The maximum Gasteiger partial charge on any atom is 0.255 e. The number of piperazine rings is 1. The molecule has 0 aromatic heterocycles. The number of carbonyl (C=O) groups excluding carboxylic acids is 3. The number of likely N-dealkylation sites (N-methyl/N-ethyl adjacent to an activating group) is 2. The number of benzene rings is 3. The smallest absolute Gasteiger partial charge is 0.255 e. The van der Waals surface area contributed by atoms with Crippen LogP contribution < -0.4 is 15.8 Å². The molecule has 1 amide bonds. The van der Waals surface area contributed by atoms with Crippen molar-refractivity contribution >= 4 is 29.9 Å². The van der Waals surface area contributed by atoms with Crippen LogP contribution in [0.1, 0.15) is 62.2 Å². The van der Waals surface area contributed by atoms with E-state index in [0.717, 1.165) is 86.6 Å². The number of aromatic hydroxyl groups is 1. The van der Waals surface area contributed by atoms with E-state index in [0.29, 0.717) is 106 Å². The predicted molar refractivity (Wildman–Crippen MR) is 268 cm³/mol. The Morgan fingerprint density at radius 1 is 0.926 bits per heavy atom. The number of nitrogens with zero attached hydrogens (tertiary/aromatic N) is 4. The molecular weight excluding hydrogens is 861 g/mol. The van der Waals surface area contributed by atoms with Gasteiger partial charge in [-0.2, -0.15) is 0 Å². The van der Waals surface area contributed by atoms with E-state index in [-0.39, 0.29) is 23.8 Å². The number of fused-ring (bicyclic) bond motifs is 1. The number of ether oxygens (including phenoxy) is 4. The Kier molecular flexibility index (Phi) is 19.8. The minimum atomic E-state index is -0.396. The molecule has 2 fully saturated rings. The molecule has 14 heteroatoms. The van der Waals surface area contributed by atoms with Gasteiger partial charge in [0.15, 0.2) is 12.0 Å². The summed E-state index contributed by atoms with van der Waals surface area (Å²) < 4.78 is 23.7. The summed E-state index contributed by atoms with van der Waals surface area (Å²) in [5.74, 6) is 1.00. The first-order chi connectivity index (χ1) is 33.0. The number of anilines is 1. The van der Waals surface area contributed by atoms with E-state index in [4.69, 9.17) is 24.7 Å². The minimum absolute atomic E-state index is 0.0162. The Bertz CT molecular complexity index is 2240. The van der Waals surface area contributed by atoms with E-state index in [1.165, 1.54) is 5.57 Å². The van der Waals surface area contributed by atoms with Gasteiger partial charge < -0.3 is 49.7 Å². The lowest BCUT2D eigenvalue weighted by atomic mass is 9.88. The molecule has 3 unspecified atom stereocenters. The monoisotopic (exact) mass is 933 g/mol. The van der Waals surface area contributed by atoms with Crippen LogP contribution in [0.3, 0.4) is 0 Å². The number of hydrogen-bond acceptors (Lipinski definition) is 13. The minimum Gasteiger partial charge on any atom is -0.506 e. The average molecular weight is 933 g/mol. The van der Waals surface area contributed by atoms with Crippen molar-refractivity contribution in [2.24, 2.45) is 11.8 Å². The number of aryl methyl sites for hydroxylation is 2. The average Bonchev–Trinajstić information content (AvgIpc) is 3.79. The van der Waals surface area contributed by atoms with Gasteiger partial charge in [-0.05, 0) is 54.5 Å². The van der Waals surface area contributed by atoms with Crippen LogP contribution in [0.4, 0.5) is 5.69 Å². The Morgan fingerprint density at radius 3 is 2.32 bits per heavy atom. The highest BCUT2D eigenvalue weighted by Crippen LogP contribution is 2.44. The zero-order chi connectivity index (χ0) is 48.4. The zero-order valence-corrected chi connectivity index (χ0v) is 40.3. The third kappa shape index (κ3) is 13.9. The molecule has 2 heterocycles. The van der Waals surface area contributed by atoms with Crippen molar-refractivity contribution in [1.82, 2.24) is 24.9 Å². The molecule has 2 aliphatic heterocycles. The lowest BCUT2D eigenvalue weighted by molar-refractivity contribution is -0.108. The van der Waals surface area contributed by atoms with Crippen molar-refractivity contribution < 1.29 is 38.4 Å². The summed E-state index contributed by atoms with van der Waals surface area (Å²) in [6.45, 7) is 21.5. The van der Waals surface area contributed by atoms with Gasteiger partial charge in [-0.25, -0.2) is 0 Å². The number of carbonyl (C=O) groups is 3. The number of amides is 1. The normalized spacial score (nSPS) is 17.6. The molecule has 68 heavy (non-hydrogen) atoms. The van der Waals surface area contributed by atoms with Crippen LogP contribution in [0.5, 0.6) is 11.5 Å². The SMILES string of the molecule is C=C(NC)C(CCC=O)N(C)C(=O)c1c(C=O)cccc1CCCOCCOCCOCCN1CCN(CC2=CC3CN(C(=C)c4c(C)cc(O)c(N)c4OCc4ccccc4)CC3C=C2)CC1. The van der Waals surface area contributed by atoms with E-state index in [9.17, 15) is 19.5 Å². The van der Waals surface area contributed by atoms with Crippen LogP contribution in [0.25, 0.3) is 5.70 Å². The Labute approximate surface area is 403 Å². The molecule has 14 nitrogen and oxygen atoms in total. The van der Waals surface area contributed by atoms with Gasteiger partial charge in [0.1, 0.15) is 24.3 Å². The Balaban J connectivity index is 0.830. The fraction of sp³-hybridized carbons (Fsp3) is 0.463. The quantitative estimate of drug-likeness (QED) is 0.0330. The maximum absolute atomic E-state index is 13.7. The van der Waals surface area contributed by atoms with E-state index in [2.05, 4.69) is 51.4 Å². The van der Waals surface area contributed by atoms with Gasteiger partial charge in [0.2, 0.25) is 0 Å². The predicted octanol–water partition coefficient (Wildman–Crippen LogP) is 6.14. The van der Waals surface area contributed by atoms with Crippen LogP contribution >= 0.6 is 0 Å². The van der Waals surface area contributed by atoms with Crippen molar-refractivity contribution in [3.8, 4) is 11.5 Å². The van der Waals surface area contributed by atoms with Gasteiger partial charge in [-0.3, -0.25) is 19.4 Å². The Hall–Kier alpha value is -5.77. The van der Waals surface area contributed by atoms with E-state index >= 15 is 0 Å². The summed E-state index contributed by atoms with van der Waals surface area (Å²) in [6, 6.07) is 16.5. The topological polar surface area (TPSA) is 159 Å². The molecule has 0 bridgehead atoms. The fourth-order valence-corrected chi connectivity index (χ4v) is 9.35. The molecule has 1 aliphatic carbocycles. The first-order valence-corrected chi connectivity index (χ1v) is 24.0. The molecule has 0 saturated carbocycles. The number of likely N-dealkylation sites (tertiary alicyclic amines) is 1. The van der Waals surface area contributed by atoms with Crippen LogP contribution in [-0.4, -0.2) is 155 Å². The summed E-state index contributed by atoms with van der Waals surface area (Å²) in [5, 5.41) is 13.6. The van der Waals surface area contributed by atoms with Crippen molar-refractivity contribution in [3.63, 3.8) is 0 Å². The second-order valence-corrected chi connectivity index (χ2v) is 17.9. The number of rotatable bonds is 28. The fourth-order valence-electron chi connectivity index (χ4n) is 9.35. The van der Waals surface area contributed by atoms with Crippen molar-refractivity contribution in [1.29, 1.82) is 0 Å². The lowest BCUT2D eigenvalue weighted by Crippen LogP contribution is -2.47. The first-order valence-electron chi connectivity index (χ1n) is 24.0. The molecule has 3 aromatic rings. The number of nitrogen functional groups attached to an aromatic ring is 1. The zero-order valence-electron chi connectivity index (χ0n) is 40.3. The highest BCUT2D eigenvalue weighted by Gasteiger charge is 2.35. The van der Waals surface area contributed by atoms with Crippen LogP contribution in [0.15, 0.2) is 97.3 Å². The molecule has 0 spiro atoms. The molecule has 366 valence electrons. The van der Waals surface area contributed by atoms with Gasteiger partial charge >= 0.3 is 0 Å². The van der Waals surface area contributed by atoms with Crippen LogP contribution in [0, 0.1) is 18.8 Å². The summed E-state index contributed by atoms with van der Waals surface area (Å²) in [6.07, 6.45) is 10.6. The first kappa shape index (κ1) is 51.6. The third-order valence-electron chi connectivity index (χ3n) is 13.3. The number of nitrogens with one attached hydrogen (secondary N) is 1. The molecule has 3 aromatic carbocycles. The van der Waals surface area contributed by atoms with Gasteiger partial charge in [0.25, 0.3) is 5.91 Å². The van der Waals surface area contributed by atoms with E-state index in [1.54, 1.807) is 37.2 Å². The van der Waals surface area contributed by atoms with Gasteiger partial charge in [-0.15, -0.1) is 0 Å². The molecular formula is C54H72N6O8. The highest BCUT2D eigenvalue weighted by molar-refractivity contribution is 6.03. The number of phenols is 1. The largest absolute Gasteiger partial charge is 0.506 e. The highest BCUT2D eigenvalue weighted by atomic mass is 16.5. The number of aldehydes is 2. The molecule has 6 rings (SSSR count). The number of phenolic OH excluding ortho intramolecular Hbond substituents is 1. The second-order valence-electron chi connectivity index (χ2n) is 17.9. The summed E-state index contributed by atoms with van der Waals surface area (Å²) >= 11 is 0. The second kappa shape index (κ2) is 26.1. The van der Waals surface area contributed by atoms with Crippen molar-refractivity contribution in [3.05, 3.63) is 131 Å². The van der Waals surface area contributed by atoms with E-state index in [1.807, 2.05) is 43.3 Å². The molecule has 3 atom stereocenters.